The lowest BCUT2D eigenvalue weighted by Crippen LogP contribution is -2.50. The second-order valence-corrected chi connectivity index (χ2v) is 10.3. The maximum atomic E-state index is 13.2. The number of amides is 1. The van der Waals surface area contributed by atoms with Gasteiger partial charge in [-0.1, -0.05) is 6.07 Å². The van der Waals surface area contributed by atoms with Gasteiger partial charge in [0.15, 0.2) is 0 Å². The Morgan fingerprint density at radius 3 is 2.15 bits per heavy atom. The maximum Gasteiger partial charge on any atom is 0.492 e. The number of carbonyl (C=O) groups excluding carboxylic acids is 3. The zero-order valence-electron chi connectivity index (χ0n) is 23.7. The highest BCUT2D eigenvalue weighted by atomic mass is 19.4. The molecular weight excluding hydrogens is 621 g/mol. The van der Waals surface area contributed by atoms with Crippen LogP contribution in [0.25, 0.3) is 0 Å². The van der Waals surface area contributed by atoms with Crippen LogP contribution in [0.1, 0.15) is 55.0 Å². The molecule has 0 aromatic heterocycles. The van der Waals surface area contributed by atoms with Crippen LogP contribution in [-0.2, 0) is 20.8 Å². The first kappa shape index (κ1) is 33.4. The summed E-state index contributed by atoms with van der Waals surface area (Å²) in [6.45, 7) is -0.728. The number of hydroxylamine groups is 2. The van der Waals surface area contributed by atoms with Crippen molar-refractivity contribution >= 4 is 23.8 Å². The van der Waals surface area contributed by atoms with Crippen LogP contribution in [-0.4, -0.2) is 85.8 Å². The van der Waals surface area contributed by atoms with E-state index in [1.54, 1.807) is 0 Å². The van der Waals surface area contributed by atoms with Crippen LogP contribution in [0.5, 0.6) is 23.0 Å². The SMILES string of the molecule is O=C(NC1CN(OC(=O)C(F)(F)F)CCCC1OC(=O)c1cc(O)c(Cc2c(O)cccc2C(=O)O)c(O)c1)c1ccc(O)cc1. The topological polar surface area (TPSA) is 203 Å². The van der Waals surface area contributed by atoms with E-state index in [1.807, 2.05) is 0 Å². The molecule has 2 atom stereocenters. The lowest BCUT2D eigenvalue weighted by Gasteiger charge is -2.28. The van der Waals surface area contributed by atoms with Crippen LogP contribution in [0.15, 0.2) is 54.6 Å². The molecule has 0 bridgehead atoms. The number of benzene rings is 3. The molecule has 1 saturated heterocycles. The summed E-state index contributed by atoms with van der Waals surface area (Å²) in [5.41, 5.74) is -0.936. The summed E-state index contributed by atoms with van der Waals surface area (Å²) in [5.74, 6) is -7.55. The van der Waals surface area contributed by atoms with E-state index >= 15 is 0 Å². The fourth-order valence-corrected chi connectivity index (χ4v) is 4.78. The Hall–Kier alpha value is -5.51. The number of aromatic hydroxyl groups is 4. The first-order valence-electron chi connectivity index (χ1n) is 13.6. The van der Waals surface area contributed by atoms with Crippen LogP contribution >= 0.6 is 0 Å². The van der Waals surface area contributed by atoms with Gasteiger partial charge in [-0.15, -0.1) is 5.06 Å². The first-order valence-corrected chi connectivity index (χ1v) is 13.6. The molecule has 0 spiro atoms. The van der Waals surface area contributed by atoms with Crippen molar-refractivity contribution < 1.29 is 67.5 Å². The molecule has 1 fully saturated rings. The summed E-state index contributed by atoms with van der Waals surface area (Å²) in [6.07, 6.45) is -6.90. The molecule has 16 heteroatoms. The zero-order valence-corrected chi connectivity index (χ0v) is 23.7. The third-order valence-electron chi connectivity index (χ3n) is 7.07. The number of hydrogen-bond donors (Lipinski definition) is 6. The minimum atomic E-state index is -5.30. The molecule has 0 saturated carbocycles. The molecule has 3 aromatic rings. The maximum absolute atomic E-state index is 13.2. The summed E-state index contributed by atoms with van der Waals surface area (Å²) in [7, 11) is 0. The normalized spacial score (nSPS) is 17.0. The predicted octanol–water partition coefficient (Wildman–Crippen LogP) is 3.24. The van der Waals surface area contributed by atoms with Gasteiger partial charge in [0.25, 0.3) is 5.91 Å². The molecule has 3 aromatic carbocycles. The van der Waals surface area contributed by atoms with E-state index in [0.717, 1.165) is 12.1 Å². The standard InChI is InChI=1S/C30H27F3N2O11/c31-30(32,33)29(44)46-35-10-2-5-25(21(14-35)34-26(40)15-6-8-17(36)9-7-15)45-28(43)16-11-23(38)20(24(39)12-16)13-19-18(27(41)42)3-1-4-22(19)37/h1,3-4,6-9,11-12,21,25,36-39H,2,5,10,13-14H2,(H,34,40)(H,41,42). The van der Waals surface area contributed by atoms with E-state index in [-0.39, 0.29) is 53.0 Å². The number of nitrogens with zero attached hydrogens (tertiary/aromatic N) is 1. The van der Waals surface area contributed by atoms with Crippen molar-refractivity contribution in [2.75, 3.05) is 13.1 Å². The van der Waals surface area contributed by atoms with Crippen molar-refractivity contribution in [3.05, 3.63) is 82.4 Å². The van der Waals surface area contributed by atoms with Crippen molar-refractivity contribution in [3.63, 3.8) is 0 Å². The fourth-order valence-electron chi connectivity index (χ4n) is 4.78. The summed E-state index contributed by atoms with van der Waals surface area (Å²) < 4.78 is 44.1. The number of alkyl halides is 3. The van der Waals surface area contributed by atoms with Crippen LogP contribution in [0.3, 0.4) is 0 Å². The van der Waals surface area contributed by atoms with Crippen molar-refractivity contribution in [3.8, 4) is 23.0 Å². The second kappa shape index (κ2) is 13.6. The van der Waals surface area contributed by atoms with Gasteiger partial charge in [0.2, 0.25) is 0 Å². The number of carboxylic acid groups (broad SMARTS) is 1. The number of rotatable bonds is 8. The number of phenolic OH excluding ortho intramolecular Hbond substituents is 4. The highest BCUT2D eigenvalue weighted by Gasteiger charge is 2.43. The Bertz CT molecular complexity index is 1620. The Balaban J connectivity index is 1.57. The number of nitrogens with one attached hydrogen (secondary N) is 1. The van der Waals surface area contributed by atoms with Crippen LogP contribution in [0.4, 0.5) is 13.2 Å². The van der Waals surface area contributed by atoms with Gasteiger partial charge in [0, 0.05) is 29.7 Å². The number of aromatic carboxylic acids is 1. The number of esters is 1. The lowest BCUT2D eigenvalue weighted by molar-refractivity contribution is -0.239. The Labute approximate surface area is 258 Å². The summed E-state index contributed by atoms with van der Waals surface area (Å²) >= 11 is 0. The summed E-state index contributed by atoms with van der Waals surface area (Å²) in [6, 6.07) is 9.34. The molecule has 13 nitrogen and oxygen atoms in total. The monoisotopic (exact) mass is 648 g/mol. The van der Waals surface area contributed by atoms with Gasteiger partial charge in [-0.2, -0.15) is 13.2 Å². The molecule has 6 N–H and O–H groups in total. The van der Waals surface area contributed by atoms with Gasteiger partial charge in [0.1, 0.15) is 29.1 Å². The predicted molar refractivity (Wildman–Crippen MR) is 149 cm³/mol. The van der Waals surface area contributed by atoms with Crippen LogP contribution < -0.4 is 5.32 Å². The zero-order chi connectivity index (χ0) is 33.8. The van der Waals surface area contributed by atoms with Crippen molar-refractivity contribution in [2.45, 2.75) is 37.6 Å². The third-order valence-corrected chi connectivity index (χ3v) is 7.07. The van der Waals surface area contributed by atoms with E-state index < -0.39 is 72.4 Å². The minimum absolute atomic E-state index is 0.0202. The molecule has 0 radical (unpaired) electrons. The van der Waals surface area contributed by atoms with Crippen molar-refractivity contribution in [1.29, 1.82) is 0 Å². The molecule has 0 aliphatic carbocycles. The van der Waals surface area contributed by atoms with Gasteiger partial charge in [-0.25, -0.2) is 14.4 Å². The molecule has 2 unspecified atom stereocenters. The number of carboxylic acids is 1. The average molecular weight is 649 g/mol. The second-order valence-electron chi connectivity index (χ2n) is 10.3. The third kappa shape index (κ3) is 7.95. The van der Waals surface area contributed by atoms with E-state index in [1.165, 1.54) is 42.5 Å². The molecule has 1 amide bonds. The van der Waals surface area contributed by atoms with Crippen molar-refractivity contribution in [2.24, 2.45) is 0 Å². The number of carbonyl (C=O) groups is 4. The summed E-state index contributed by atoms with van der Waals surface area (Å²) in [4.78, 5) is 53.6. The molecule has 244 valence electrons. The van der Waals surface area contributed by atoms with Gasteiger partial charge < -0.3 is 40.4 Å². The number of hydrogen-bond acceptors (Lipinski definition) is 11. The van der Waals surface area contributed by atoms with E-state index in [4.69, 9.17) is 4.74 Å². The van der Waals surface area contributed by atoms with E-state index in [9.17, 15) is 57.9 Å². The van der Waals surface area contributed by atoms with Gasteiger partial charge in [-0.05, 0) is 61.4 Å². The number of phenols is 4. The molecule has 46 heavy (non-hydrogen) atoms. The Morgan fingerprint density at radius 2 is 1.54 bits per heavy atom. The van der Waals surface area contributed by atoms with Gasteiger partial charge in [0.05, 0.1) is 23.7 Å². The van der Waals surface area contributed by atoms with Gasteiger partial charge in [-0.3, -0.25) is 4.79 Å². The molecule has 1 heterocycles. The first-order chi connectivity index (χ1) is 21.6. The minimum Gasteiger partial charge on any atom is -0.508 e. The smallest absolute Gasteiger partial charge is 0.492 e. The van der Waals surface area contributed by atoms with Crippen LogP contribution in [0, 0.1) is 0 Å². The average Bonchev–Trinajstić information content (AvgIpc) is 3.16. The number of halogens is 3. The lowest BCUT2D eigenvalue weighted by atomic mass is 9.96. The Morgan fingerprint density at radius 1 is 0.891 bits per heavy atom. The van der Waals surface area contributed by atoms with E-state index in [2.05, 4.69) is 10.2 Å². The highest BCUT2D eigenvalue weighted by molar-refractivity contribution is 5.95. The largest absolute Gasteiger partial charge is 0.508 e. The fraction of sp³-hybridized carbons (Fsp3) is 0.267. The van der Waals surface area contributed by atoms with Gasteiger partial charge >= 0.3 is 24.1 Å². The molecule has 1 aliphatic rings. The number of ether oxygens (including phenoxy) is 1. The van der Waals surface area contributed by atoms with E-state index in [0.29, 0.717) is 5.06 Å². The molecule has 1 aliphatic heterocycles. The Kier molecular flexibility index (Phi) is 9.90. The highest BCUT2D eigenvalue weighted by Crippen LogP contribution is 2.35. The molecular formula is C30H27F3N2O11. The van der Waals surface area contributed by atoms with Crippen molar-refractivity contribution in [1.82, 2.24) is 10.4 Å². The quantitative estimate of drug-likeness (QED) is 0.195. The molecule has 4 rings (SSSR count). The summed E-state index contributed by atoms with van der Waals surface area (Å²) in [5, 5.41) is 53.6. The van der Waals surface area contributed by atoms with Crippen LogP contribution in [0.2, 0.25) is 0 Å².